The number of aromatic nitrogens is 3. The highest BCUT2D eigenvalue weighted by Crippen LogP contribution is 2.40. The molecule has 0 spiro atoms. The zero-order chi connectivity index (χ0) is 26.4. The summed E-state index contributed by atoms with van der Waals surface area (Å²) in [6.07, 6.45) is -0.779. The van der Waals surface area contributed by atoms with E-state index in [-0.39, 0.29) is 6.42 Å². The minimum absolute atomic E-state index is 0.185. The van der Waals surface area contributed by atoms with Crippen LogP contribution in [0.1, 0.15) is 64.3 Å². The average Bonchev–Trinajstić information content (AvgIpc) is 3.35. The van der Waals surface area contributed by atoms with Crippen LogP contribution >= 0.6 is 11.3 Å². The Kier molecular flexibility index (Phi) is 6.43. The molecule has 0 saturated heterocycles. The second-order valence-electron chi connectivity index (χ2n) is 9.21. The van der Waals surface area contributed by atoms with E-state index in [1.165, 1.54) is 0 Å². The predicted octanol–water partition coefficient (Wildman–Crippen LogP) is 5.35. The molecule has 1 aliphatic rings. The van der Waals surface area contributed by atoms with Gasteiger partial charge in [0.2, 0.25) is 0 Å². The van der Waals surface area contributed by atoms with Gasteiger partial charge in [0.15, 0.2) is 5.82 Å². The third-order valence-electron chi connectivity index (χ3n) is 6.78. The number of aliphatic carboxylic acids is 1. The van der Waals surface area contributed by atoms with Crippen molar-refractivity contribution in [3.05, 3.63) is 81.2 Å². The van der Waals surface area contributed by atoms with Crippen molar-refractivity contribution < 1.29 is 19.7 Å². The number of aryl methyl sites for hydroxylation is 2. The summed E-state index contributed by atoms with van der Waals surface area (Å²) in [6, 6.07) is 13.0. The highest BCUT2D eigenvalue weighted by atomic mass is 32.1. The van der Waals surface area contributed by atoms with Gasteiger partial charge in [-0.25, -0.2) is 0 Å². The van der Waals surface area contributed by atoms with Crippen LogP contribution in [0.15, 0.2) is 47.5 Å². The van der Waals surface area contributed by atoms with E-state index in [0.717, 1.165) is 49.0 Å². The minimum Gasteiger partial charge on any atom is -0.496 e. The van der Waals surface area contributed by atoms with Crippen molar-refractivity contribution in [1.82, 2.24) is 14.8 Å². The van der Waals surface area contributed by atoms with Gasteiger partial charge in [0.05, 0.1) is 25.3 Å². The molecule has 1 unspecified atom stereocenters. The first-order chi connectivity index (χ1) is 17.7. The van der Waals surface area contributed by atoms with Crippen LogP contribution in [-0.4, -0.2) is 43.8 Å². The van der Waals surface area contributed by atoms with Crippen LogP contribution in [0.5, 0.6) is 5.75 Å². The lowest BCUT2D eigenvalue weighted by Gasteiger charge is -2.14. The van der Waals surface area contributed by atoms with E-state index in [0.29, 0.717) is 17.4 Å². The summed E-state index contributed by atoms with van der Waals surface area (Å²) in [5.41, 5.74) is 6.31. The molecule has 8 nitrogen and oxygen atoms in total. The quantitative estimate of drug-likeness (QED) is 0.358. The Labute approximate surface area is 218 Å². The maximum Gasteiger partial charge on any atom is 0.306 e. The summed E-state index contributed by atoms with van der Waals surface area (Å²) in [7, 11) is 1.63. The summed E-state index contributed by atoms with van der Waals surface area (Å²) in [5, 5.41) is 29.2. The van der Waals surface area contributed by atoms with Crippen LogP contribution < -0.4 is 4.74 Å². The van der Waals surface area contributed by atoms with Crippen LogP contribution in [0.25, 0.3) is 16.1 Å². The van der Waals surface area contributed by atoms with Crippen molar-refractivity contribution in [2.45, 2.75) is 46.3 Å². The highest BCUT2D eigenvalue weighted by Gasteiger charge is 2.32. The number of rotatable bonds is 6. The molecule has 2 aromatic carbocycles. The number of carboxylic acid groups (broad SMARTS) is 1. The number of thiophene rings is 1. The molecular formula is C28H28N4O4S. The number of ether oxygens (including phenoxy) is 1. The number of fused-ring (bicyclic) bond motifs is 3. The van der Waals surface area contributed by atoms with Gasteiger partial charge in [-0.2, -0.15) is 0 Å². The van der Waals surface area contributed by atoms with Gasteiger partial charge in [-0.15, -0.1) is 21.5 Å². The SMILES string of the molecule is COc1ccc(C(C)O)cc1-c1ccc(C2=N[C@@H](CC(=O)O)c3nnc(C)n3-c3sc(C)c(C)c32)cc1. The van der Waals surface area contributed by atoms with Gasteiger partial charge >= 0.3 is 5.97 Å². The zero-order valence-corrected chi connectivity index (χ0v) is 22.1. The number of nitrogens with zero attached hydrogens (tertiary/aromatic N) is 4. The zero-order valence-electron chi connectivity index (χ0n) is 21.3. The summed E-state index contributed by atoms with van der Waals surface area (Å²) in [4.78, 5) is 17.9. The Morgan fingerprint density at radius 1 is 1.11 bits per heavy atom. The predicted molar refractivity (Wildman–Crippen MR) is 143 cm³/mol. The second-order valence-corrected chi connectivity index (χ2v) is 10.4. The second kappa shape index (κ2) is 9.57. The first kappa shape index (κ1) is 24.9. The molecule has 2 N–H and O–H groups in total. The van der Waals surface area contributed by atoms with Crippen molar-refractivity contribution in [1.29, 1.82) is 0 Å². The highest BCUT2D eigenvalue weighted by molar-refractivity contribution is 7.15. The van der Waals surface area contributed by atoms with Crippen LogP contribution in [0.4, 0.5) is 0 Å². The van der Waals surface area contributed by atoms with Crippen molar-refractivity contribution in [3.8, 4) is 21.9 Å². The van der Waals surface area contributed by atoms with E-state index >= 15 is 0 Å². The van der Waals surface area contributed by atoms with Gasteiger partial charge in [0, 0.05) is 21.6 Å². The van der Waals surface area contributed by atoms with Crippen molar-refractivity contribution in [3.63, 3.8) is 0 Å². The van der Waals surface area contributed by atoms with E-state index in [4.69, 9.17) is 9.73 Å². The molecule has 0 amide bonds. The molecule has 0 bridgehead atoms. The Bertz CT molecular complexity index is 1530. The summed E-state index contributed by atoms with van der Waals surface area (Å²) in [5.74, 6) is 1.00. The van der Waals surface area contributed by atoms with Crippen molar-refractivity contribution in [2.75, 3.05) is 7.11 Å². The fourth-order valence-electron chi connectivity index (χ4n) is 4.71. The number of carboxylic acids is 1. The van der Waals surface area contributed by atoms with E-state index in [2.05, 4.69) is 24.0 Å². The molecule has 37 heavy (non-hydrogen) atoms. The lowest BCUT2D eigenvalue weighted by Crippen LogP contribution is -2.10. The molecule has 5 rings (SSSR count). The molecule has 0 aliphatic carbocycles. The number of aliphatic hydroxyl groups is 1. The van der Waals surface area contributed by atoms with Gasteiger partial charge in [-0.05, 0) is 56.5 Å². The molecule has 190 valence electrons. The number of benzene rings is 2. The third kappa shape index (κ3) is 4.34. The number of hydrogen-bond donors (Lipinski definition) is 2. The van der Waals surface area contributed by atoms with Crippen LogP contribution in [-0.2, 0) is 4.79 Å². The standard InChI is InChI=1S/C28H28N4O4S/c1-14-16(3)37-28-25(14)26(29-22(13-24(34)35)27-31-30-17(4)32(27)28)19-8-6-18(7-9-19)21-12-20(15(2)33)10-11-23(21)36-5/h6-12,15,22,33H,13H2,1-5H3,(H,34,35)/t15?,22-/m0/s1. The summed E-state index contributed by atoms with van der Waals surface area (Å²) >= 11 is 1.63. The molecule has 0 fully saturated rings. The number of aliphatic hydroxyl groups excluding tert-OH is 1. The van der Waals surface area contributed by atoms with Crippen molar-refractivity contribution >= 4 is 23.0 Å². The smallest absolute Gasteiger partial charge is 0.306 e. The molecular weight excluding hydrogens is 488 g/mol. The first-order valence-electron chi connectivity index (χ1n) is 12.0. The molecule has 2 aromatic heterocycles. The van der Waals surface area contributed by atoms with E-state index in [1.54, 1.807) is 25.4 Å². The first-order valence-corrected chi connectivity index (χ1v) is 12.8. The molecule has 2 atom stereocenters. The van der Waals surface area contributed by atoms with Gasteiger partial charge in [-0.1, -0.05) is 30.3 Å². The normalized spacial score (nSPS) is 15.4. The molecule has 1 aliphatic heterocycles. The van der Waals surface area contributed by atoms with Crippen LogP contribution in [0, 0.1) is 20.8 Å². The van der Waals surface area contributed by atoms with Gasteiger partial charge in [-0.3, -0.25) is 14.4 Å². The Balaban J connectivity index is 1.66. The largest absolute Gasteiger partial charge is 0.496 e. The number of hydrogen-bond acceptors (Lipinski definition) is 7. The van der Waals surface area contributed by atoms with Gasteiger partial charge < -0.3 is 14.9 Å². The number of carbonyl (C=O) groups is 1. The Hall–Kier alpha value is -3.82. The van der Waals surface area contributed by atoms with Gasteiger partial charge in [0.25, 0.3) is 0 Å². The third-order valence-corrected chi connectivity index (χ3v) is 7.98. The molecule has 4 aromatic rings. The Morgan fingerprint density at radius 2 is 1.81 bits per heavy atom. The summed E-state index contributed by atoms with van der Waals surface area (Å²) < 4.78 is 7.53. The molecule has 3 heterocycles. The lowest BCUT2D eigenvalue weighted by atomic mass is 9.95. The average molecular weight is 517 g/mol. The van der Waals surface area contributed by atoms with Crippen molar-refractivity contribution in [2.24, 2.45) is 4.99 Å². The molecule has 0 radical (unpaired) electrons. The summed E-state index contributed by atoms with van der Waals surface area (Å²) in [6.45, 7) is 7.75. The molecule has 9 heteroatoms. The van der Waals surface area contributed by atoms with E-state index in [9.17, 15) is 15.0 Å². The Morgan fingerprint density at radius 3 is 2.46 bits per heavy atom. The maximum atomic E-state index is 11.8. The minimum atomic E-state index is -0.945. The van der Waals surface area contributed by atoms with Crippen LogP contribution in [0.3, 0.4) is 0 Å². The fourth-order valence-corrected chi connectivity index (χ4v) is 5.92. The monoisotopic (exact) mass is 516 g/mol. The molecule has 0 saturated carbocycles. The topological polar surface area (TPSA) is 110 Å². The number of aliphatic imine (C=N–C) groups is 1. The van der Waals surface area contributed by atoms with E-state index in [1.807, 2.05) is 54.0 Å². The maximum absolute atomic E-state index is 11.8. The number of methoxy groups -OCH3 is 1. The van der Waals surface area contributed by atoms with Crippen LogP contribution in [0.2, 0.25) is 0 Å². The lowest BCUT2D eigenvalue weighted by molar-refractivity contribution is -0.137. The fraction of sp³-hybridized carbons (Fsp3) is 0.286. The van der Waals surface area contributed by atoms with E-state index < -0.39 is 18.1 Å². The van der Waals surface area contributed by atoms with Gasteiger partial charge in [0.1, 0.15) is 22.6 Å².